The Labute approximate surface area is 65.5 Å². The second-order valence-corrected chi connectivity index (χ2v) is 3.01. The van der Waals surface area contributed by atoms with Gasteiger partial charge in [0.2, 0.25) is 0 Å². The second-order valence-electron chi connectivity index (χ2n) is 3.01. The molecule has 58 valence electrons. The Bertz CT molecular complexity index is 240. The van der Waals surface area contributed by atoms with Gasteiger partial charge in [-0.05, 0) is 18.9 Å². The van der Waals surface area contributed by atoms with E-state index < -0.39 is 0 Å². The van der Waals surface area contributed by atoms with Gasteiger partial charge in [-0.3, -0.25) is 0 Å². The van der Waals surface area contributed by atoms with E-state index in [0.29, 0.717) is 5.57 Å². The van der Waals surface area contributed by atoms with Crippen LogP contribution in [0.1, 0.15) is 12.8 Å². The summed E-state index contributed by atoms with van der Waals surface area (Å²) in [7, 11) is 0. The van der Waals surface area contributed by atoms with Crippen LogP contribution in [0, 0.1) is 5.92 Å². The van der Waals surface area contributed by atoms with Gasteiger partial charge in [-0.2, -0.15) is 0 Å². The molecule has 11 heavy (non-hydrogen) atoms. The molecule has 0 radical (unpaired) electrons. The fourth-order valence-corrected chi connectivity index (χ4v) is 1.65. The summed E-state index contributed by atoms with van der Waals surface area (Å²) >= 11 is 0. The van der Waals surface area contributed by atoms with Gasteiger partial charge in [0.1, 0.15) is 6.10 Å². The Morgan fingerprint density at radius 3 is 3.18 bits per heavy atom. The summed E-state index contributed by atoms with van der Waals surface area (Å²) in [6.07, 6.45) is 6.06. The lowest BCUT2D eigenvalue weighted by Crippen LogP contribution is -2.16. The zero-order valence-corrected chi connectivity index (χ0v) is 6.25. The van der Waals surface area contributed by atoms with E-state index >= 15 is 0 Å². The van der Waals surface area contributed by atoms with Gasteiger partial charge in [0.15, 0.2) is 0 Å². The molecule has 1 aliphatic carbocycles. The number of carbonyl (C=O) groups is 1. The summed E-state index contributed by atoms with van der Waals surface area (Å²) in [6, 6.07) is 0. The largest absolute Gasteiger partial charge is 0.454 e. The lowest BCUT2D eigenvalue weighted by Gasteiger charge is -2.16. The monoisotopic (exact) mass is 150 g/mol. The van der Waals surface area contributed by atoms with E-state index in [4.69, 9.17) is 4.74 Å². The van der Waals surface area contributed by atoms with Gasteiger partial charge in [0.05, 0.1) is 0 Å². The number of hydrogen-bond acceptors (Lipinski definition) is 2. The molecule has 2 nitrogen and oxygen atoms in total. The Kier molecular flexibility index (Phi) is 1.34. The van der Waals surface area contributed by atoms with Crippen LogP contribution in [0.2, 0.25) is 0 Å². The van der Waals surface area contributed by atoms with Crippen molar-refractivity contribution in [3.63, 3.8) is 0 Å². The fourth-order valence-electron chi connectivity index (χ4n) is 1.65. The Hall–Kier alpha value is -1.05. The van der Waals surface area contributed by atoms with E-state index in [2.05, 4.69) is 12.7 Å². The van der Waals surface area contributed by atoms with E-state index in [-0.39, 0.29) is 18.0 Å². The Morgan fingerprint density at radius 2 is 2.45 bits per heavy atom. The lowest BCUT2D eigenvalue weighted by molar-refractivity contribution is -0.137. The molecule has 0 aromatic carbocycles. The SMILES string of the molecule is C=C1C(=O)O[C@H]2C=CCC[C@@H]12. The van der Waals surface area contributed by atoms with Crippen LogP contribution in [-0.4, -0.2) is 12.1 Å². The first-order chi connectivity index (χ1) is 5.29. The highest BCUT2D eigenvalue weighted by atomic mass is 16.5. The van der Waals surface area contributed by atoms with Crippen LogP contribution in [0.3, 0.4) is 0 Å². The summed E-state index contributed by atoms with van der Waals surface area (Å²) in [5.41, 5.74) is 0.652. The molecule has 2 rings (SSSR count). The van der Waals surface area contributed by atoms with E-state index in [1.165, 1.54) is 0 Å². The third kappa shape index (κ3) is 0.897. The molecule has 2 atom stereocenters. The van der Waals surface area contributed by atoms with Crippen molar-refractivity contribution < 1.29 is 9.53 Å². The maximum Gasteiger partial charge on any atom is 0.334 e. The molecular weight excluding hydrogens is 140 g/mol. The zero-order chi connectivity index (χ0) is 7.84. The Morgan fingerprint density at radius 1 is 1.64 bits per heavy atom. The lowest BCUT2D eigenvalue weighted by atomic mass is 9.88. The molecule has 0 aromatic rings. The highest BCUT2D eigenvalue weighted by molar-refractivity contribution is 5.91. The molecule has 1 fully saturated rings. The molecular formula is C9H10O2. The first kappa shape index (κ1) is 6.65. The normalized spacial score (nSPS) is 35.3. The molecule has 2 aliphatic rings. The van der Waals surface area contributed by atoms with Gasteiger partial charge >= 0.3 is 5.97 Å². The Balaban J connectivity index is 2.27. The fraction of sp³-hybridized carbons (Fsp3) is 0.444. The molecule has 1 saturated heterocycles. The average molecular weight is 150 g/mol. The van der Waals surface area contributed by atoms with Crippen molar-refractivity contribution in [2.75, 3.05) is 0 Å². The van der Waals surface area contributed by atoms with Crippen LogP contribution in [0.25, 0.3) is 0 Å². The van der Waals surface area contributed by atoms with Crippen LogP contribution in [0.4, 0.5) is 0 Å². The van der Waals surface area contributed by atoms with Gasteiger partial charge < -0.3 is 4.74 Å². The number of allylic oxidation sites excluding steroid dienone is 1. The molecule has 0 aromatic heterocycles. The van der Waals surface area contributed by atoms with Crippen molar-refractivity contribution in [3.05, 3.63) is 24.3 Å². The van der Waals surface area contributed by atoms with Crippen LogP contribution >= 0.6 is 0 Å². The van der Waals surface area contributed by atoms with Crippen molar-refractivity contribution >= 4 is 5.97 Å². The van der Waals surface area contributed by atoms with Crippen molar-refractivity contribution in [1.82, 2.24) is 0 Å². The molecule has 0 spiro atoms. The number of ether oxygens (including phenoxy) is 1. The smallest absolute Gasteiger partial charge is 0.334 e. The number of carbonyl (C=O) groups excluding carboxylic acids is 1. The van der Waals surface area contributed by atoms with Crippen LogP contribution < -0.4 is 0 Å². The highest BCUT2D eigenvalue weighted by Gasteiger charge is 2.37. The molecule has 0 bridgehead atoms. The maximum absolute atomic E-state index is 11.0. The first-order valence-electron chi connectivity index (χ1n) is 3.85. The number of esters is 1. The van der Waals surface area contributed by atoms with E-state index in [1.807, 2.05) is 6.08 Å². The molecule has 0 unspecified atom stereocenters. The molecule has 2 heteroatoms. The topological polar surface area (TPSA) is 26.3 Å². The van der Waals surface area contributed by atoms with E-state index in [9.17, 15) is 4.79 Å². The van der Waals surface area contributed by atoms with Crippen LogP contribution in [0.5, 0.6) is 0 Å². The minimum absolute atomic E-state index is 0.0104. The van der Waals surface area contributed by atoms with E-state index in [1.54, 1.807) is 0 Å². The molecule has 1 aliphatic heterocycles. The molecule has 0 N–H and O–H groups in total. The van der Waals surface area contributed by atoms with Gasteiger partial charge in [-0.1, -0.05) is 12.7 Å². The maximum atomic E-state index is 11.0. The third-order valence-corrected chi connectivity index (χ3v) is 2.32. The standard InChI is InChI=1S/C9H10O2/c1-6-7-4-2-3-5-8(7)11-9(6)10/h3,5,7-8H,1-2,4H2/t7-,8-/m0/s1. The minimum atomic E-state index is -0.216. The minimum Gasteiger partial charge on any atom is -0.454 e. The van der Waals surface area contributed by atoms with Crippen molar-refractivity contribution in [3.8, 4) is 0 Å². The molecule has 0 amide bonds. The summed E-state index contributed by atoms with van der Waals surface area (Å²) in [5, 5.41) is 0. The van der Waals surface area contributed by atoms with Gasteiger partial charge in [-0.25, -0.2) is 4.79 Å². The summed E-state index contributed by atoms with van der Waals surface area (Å²) in [5.74, 6) is 0.0408. The third-order valence-electron chi connectivity index (χ3n) is 2.32. The predicted octanol–water partition coefficient (Wildman–Crippen LogP) is 1.43. The van der Waals surface area contributed by atoms with Crippen molar-refractivity contribution in [2.24, 2.45) is 5.92 Å². The second kappa shape index (κ2) is 2.22. The van der Waals surface area contributed by atoms with Crippen molar-refractivity contribution in [1.29, 1.82) is 0 Å². The number of fused-ring (bicyclic) bond motifs is 1. The predicted molar refractivity (Wildman–Crippen MR) is 40.9 cm³/mol. The van der Waals surface area contributed by atoms with Crippen LogP contribution in [0.15, 0.2) is 24.3 Å². The van der Waals surface area contributed by atoms with E-state index in [0.717, 1.165) is 12.8 Å². The summed E-state index contributed by atoms with van der Waals surface area (Å²) < 4.78 is 5.05. The zero-order valence-electron chi connectivity index (χ0n) is 6.25. The average Bonchev–Trinajstić information content (AvgIpc) is 2.30. The highest BCUT2D eigenvalue weighted by Crippen LogP contribution is 2.33. The summed E-state index contributed by atoms with van der Waals surface area (Å²) in [6.45, 7) is 3.71. The number of rotatable bonds is 0. The molecule has 1 heterocycles. The number of hydrogen-bond donors (Lipinski definition) is 0. The van der Waals surface area contributed by atoms with Gasteiger partial charge in [0.25, 0.3) is 0 Å². The summed E-state index contributed by atoms with van der Waals surface area (Å²) in [4.78, 5) is 11.0. The van der Waals surface area contributed by atoms with Gasteiger partial charge in [0, 0.05) is 11.5 Å². The van der Waals surface area contributed by atoms with Crippen LogP contribution in [-0.2, 0) is 9.53 Å². The van der Waals surface area contributed by atoms with Crippen molar-refractivity contribution in [2.45, 2.75) is 18.9 Å². The first-order valence-corrected chi connectivity index (χ1v) is 3.85. The van der Waals surface area contributed by atoms with Gasteiger partial charge in [-0.15, -0.1) is 0 Å². The molecule has 0 saturated carbocycles. The quantitative estimate of drug-likeness (QED) is 0.296.